The lowest BCUT2D eigenvalue weighted by molar-refractivity contribution is 0.272. The topological polar surface area (TPSA) is 71.3 Å². The molecule has 0 spiro atoms. The largest absolute Gasteiger partial charge is 0.390 e. The molecule has 0 radical (unpaired) electrons. The summed E-state index contributed by atoms with van der Waals surface area (Å²) in [6, 6.07) is 1.48. The van der Waals surface area contributed by atoms with Gasteiger partial charge >= 0.3 is 0 Å². The minimum absolute atomic E-state index is 0.151. The van der Waals surface area contributed by atoms with E-state index in [2.05, 4.69) is 4.72 Å². The summed E-state index contributed by atoms with van der Waals surface area (Å²) in [5.41, 5.74) is 0.569. The van der Waals surface area contributed by atoms with Gasteiger partial charge in [-0.05, 0) is 26.2 Å². The Morgan fingerprint density at radius 3 is 2.56 bits per heavy atom. The highest BCUT2D eigenvalue weighted by atomic mass is 32.2. The van der Waals surface area contributed by atoms with Crippen LogP contribution in [0.25, 0.3) is 0 Å². The normalized spacial score (nSPS) is 12.9. The Hall–Kier alpha value is -0.500. The first-order chi connectivity index (χ1) is 8.22. The summed E-state index contributed by atoms with van der Waals surface area (Å²) in [7, 11) is -1.81. The molecule has 0 aliphatic carbocycles. The highest BCUT2D eigenvalue weighted by molar-refractivity contribution is 8.00. The van der Waals surface area contributed by atoms with E-state index in [1.54, 1.807) is 23.4 Å². The molecule has 0 fully saturated rings. The lowest BCUT2D eigenvalue weighted by Gasteiger charge is -2.21. The minimum Gasteiger partial charge on any atom is -0.390 e. The molecule has 2 N–H and O–H groups in total. The number of thioether (sulfide) groups is 1. The van der Waals surface area contributed by atoms with Crippen LogP contribution >= 0.6 is 11.8 Å². The molecule has 1 heterocycles. The van der Waals surface area contributed by atoms with Gasteiger partial charge in [0.15, 0.2) is 0 Å². The second-order valence-electron chi connectivity index (χ2n) is 4.72. The van der Waals surface area contributed by atoms with Gasteiger partial charge in [0.05, 0.1) is 11.5 Å². The maximum atomic E-state index is 12.1. The van der Waals surface area contributed by atoms with Crippen LogP contribution in [0.1, 0.15) is 19.5 Å². The third kappa shape index (κ3) is 3.74. The number of aliphatic hydroxyl groups is 1. The van der Waals surface area contributed by atoms with Crippen molar-refractivity contribution < 1.29 is 13.5 Å². The number of aliphatic hydroxyl groups excluding tert-OH is 1. The molecular weight excluding hydrogens is 272 g/mol. The first kappa shape index (κ1) is 15.6. The van der Waals surface area contributed by atoms with Crippen LogP contribution < -0.4 is 4.72 Å². The molecule has 18 heavy (non-hydrogen) atoms. The van der Waals surface area contributed by atoms with Gasteiger partial charge in [-0.1, -0.05) is 0 Å². The molecule has 0 aromatic carbocycles. The number of rotatable bonds is 6. The van der Waals surface area contributed by atoms with E-state index in [4.69, 9.17) is 5.11 Å². The monoisotopic (exact) mass is 292 g/mol. The molecule has 7 heteroatoms. The number of nitrogens with zero attached hydrogens (tertiary/aromatic N) is 1. The number of sulfonamides is 1. The fraction of sp³-hybridized carbons (Fsp3) is 0.636. The zero-order chi connectivity index (χ0) is 14.0. The lowest BCUT2D eigenvalue weighted by Crippen LogP contribution is -2.35. The second kappa shape index (κ2) is 5.64. The zero-order valence-corrected chi connectivity index (χ0v) is 12.7. The van der Waals surface area contributed by atoms with Gasteiger partial charge < -0.3 is 9.67 Å². The smallest absolute Gasteiger partial charge is 0.242 e. The van der Waals surface area contributed by atoms with Gasteiger partial charge in [-0.25, -0.2) is 13.1 Å². The third-order valence-electron chi connectivity index (χ3n) is 2.80. The van der Waals surface area contributed by atoms with E-state index in [0.29, 0.717) is 12.2 Å². The first-order valence-electron chi connectivity index (χ1n) is 5.53. The van der Waals surface area contributed by atoms with Crippen molar-refractivity contribution in [2.45, 2.75) is 30.1 Å². The molecule has 1 aromatic heterocycles. The molecule has 0 amide bonds. The number of hydrogen-bond acceptors (Lipinski definition) is 4. The predicted octanol–water partition coefficient (Wildman–Crippen LogP) is 0.937. The third-order valence-corrected chi connectivity index (χ3v) is 5.41. The van der Waals surface area contributed by atoms with Crippen LogP contribution in [0.3, 0.4) is 0 Å². The SMILES string of the molecule is CSC(C)(C)CNS(=O)(=O)c1cc(CO)n(C)c1. The summed E-state index contributed by atoms with van der Waals surface area (Å²) in [5, 5.41) is 9.06. The molecule has 0 bridgehead atoms. The summed E-state index contributed by atoms with van der Waals surface area (Å²) in [5.74, 6) is 0. The predicted molar refractivity (Wildman–Crippen MR) is 74.1 cm³/mol. The van der Waals surface area contributed by atoms with E-state index < -0.39 is 10.0 Å². The van der Waals surface area contributed by atoms with Crippen molar-refractivity contribution in [1.82, 2.24) is 9.29 Å². The Bertz CT molecular complexity index is 506. The summed E-state index contributed by atoms with van der Waals surface area (Å²) in [4.78, 5) is 0.186. The number of hydrogen-bond donors (Lipinski definition) is 2. The minimum atomic E-state index is -3.51. The zero-order valence-electron chi connectivity index (χ0n) is 11.1. The molecule has 1 rings (SSSR count). The lowest BCUT2D eigenvalue weighted by atomic mass is 10.2. The van der Waals surface area contributed by atoms with Crippen LogP contribution in [0.2, 0.25) is 0 Å². The van der Waals surface area contributed by atoms with Crippen LogP contribution in [-0.2, 0) is 23.7 Å². The van der Waals surface area contributed by atoms with Crippen molar-refractivity contribution in [1.29, 1.82) is 0 Å². The maximum Gasteiger partial charge on any atom is 0.242 e. The van der Waals surface area contributed by atoms with Gasteiger partial charge in [-0.15, -0.1) is 0 Å². The second-order valence-corrected chi connectivity index (χ2v) is 8.00. The number of nitrogens with one attached hydrogen (secondary N) is 1. The average Bonchev–Trinajstić information content (AvgIpc) is 2.69. The van der Waals surface area contributed by atoms with Crippen LogP contribution in [0, 0.1) is 0 Å². The number of aromatic nitrogens is 1. The van der Waals surface area contributed by atoms with Gasteiger partial charge in [0.25, 0.3) is 0 Å². The van der Waals surface area contributed by atoms with E-state index in [9.17, 15) is 8.42 Å². The van der Waals surface area contributed by atoms with Gasteiger partial charge in [0.1, 0.15) is 0 Å². The summed E-state index contributed by atoms with van der Waals surface area (Å²) >= 11 is 1.60. The van der Waals surface area contributed by atoms with E-state index in [-0.39, 0.29) is 16.2 Å². The Kier molecular flexibility index (Phi) is 4.88. The first-order valence-corrected chi connectivity index (χ1v) is 8.23. The highest BCUT2D eigenvalue weighted by Gasteiger charge is 2.22. The molecular formula is C11H20N2O3S2. The van der Waals surface area contributed by atoms with E-state index in [1.807, 2.05) is 20.1 Å². The van der Waals surface area contributed by atoms with Gasteiger partial charge in [-0.2, -0.15) is 11.8 Å². The Morgan fingerprint density at radius 1 is 1.50 bits per heavy atom. The summed E-state index contributed by atoms with van der Waals surface area (Å²) in [6.45, 7) is 4.14. The highest BCUT2D eigenvalue weighted by Crippen LogP contribution is 2.21. The van der Waals surface area contributed by atoms with Gasteiger partial charge in [0.2, 0.25) is 10.0 Å². The fourth-order valence-electron chi connectivity index (χ4n) is 1.31. The van der Waals surface area contributed by atoms with Crippen molar-refractivity contribution in [3.05, 3.63) is 18.0 Å². The standard InChI is InChI=1S/C11H20N2O3S2/c1-11(2,17-4)8-12-18(15,16)10-5-9(7-14)13(3)6-10/h5-6,12,14H,7-8H2,1-4H3. The van der Waals surface area contributed by atoms with Crippen molar-refractivity contribution in [2.24, 2.45) is 7.05 Å². The van der Waals surface area contributed by atoms with Crippen LogP contribution in [0.4, 0.5) is 0 Å². The van der Waals surface area contributed by atoms with E-state index in [1.165, 1.54) is 12.3 Å². The quantitative estimate of drug-likeness (QED) is 0.818. The van der Waals surface area contributed by atoms with Gasteiger partial charge in [0, 0.05) is 30.2 Å². The summed E-state index contributed by atoms with van der Waals surface area (Å²) in [6.07, 6.45) is 3.45. The summed E-state index contributed by atoms with van der Waals surface area (Å²) < 4.78 is 28.2. The molecule has 104 valence electrons. The Morgan fingerprint density at radius 2 is 2.11 bits per heavy atom. The molecule has 0 aliphatic rings. The molecule has 0 atom stereocenters. The Labute approximate surface area is 113 Å². The maximum absolute atomic E-state index is 12.1. The fourth-order valence-corrected chi connectivity index (χ4v) is 2.92. The van der Waals surface area contributed by atoms with Gasteiger partial charge in [-0.3, -0.25) is 0 Å². The average molecular weight is 292 g/mol. The molecule has 1 aromatic rings. The van der Waals surface area contributed by atoms with Crippen molar-refractivity contribution in [3.63, 3.8) is 0 Å². The van der Waals surface area contributed by atoms with Crippen molar-refractivity contribution in [3.8, 4) is 0 Å². The van der Waals surface area contributed by atoms with E-state index in [0.717, 1.165) is 0 Å². The van der Waals surface area contributed by atoms with Crippen LogP contribution in [0.5, 0.6) is 0 Å². The molecule has 0 unspecified atom stereocenters. The molecule has 0 saturated heterocycles. The van der Waals surface area contributed by atoms with Crippen LogP contribution in [-0.4, -0.2) is 35.6 Å². The molecule has 5 nitrogen and oxygen atoms in total. The van der Waals surface area contributed by atoms with E-state index >= 15 is 0 Å². The van der Waals surface area contributed by atoms with Crippen molar-refractivity contribution in [2.75, 3.05) is 12.8 Å². The number of aryl methyl sites for hydroxylation is 1. The van der Waals surface area contributed by atoms with Crippen molar-refractivity contribution >= 4 is 21.8 Å². The van der Waals surface area contributed by atoms with Crippen LogP contribution in [0.15, 0.2) is 17.2 Å². The molecule has 0 saturated carbocycles. The Balaban J connectivity index is 2.86. The molecule has 0 aliphatic heterocycles.